The van der Waals surface area contributed by atoms with Crippen LogP contribution >= 0.6 is 0 Å². The van der Waals surface area contributed by atoms with E-state index < -0.39 is 0 Å². The van der Waals surface area contributed by atoms with Crippen LogP contribution in [0.2, 0.25) is 0 Å². The first-order chi connectivity index (χ1) is 9.81. The first-order valence-corrected chi connectivity index (χ1v) is 6.78. The minimum atomic E-state index is 0.955. The molecule has 2 aromatic heterocycles. The van der Waals surface area contributed by atoms with Crippen molar-refractivity contribution in [3.05, 3.63) is 67.3 Å². The van der Waals surface area contributed by atoms with Crippen molar-refractivity contribution in [3.8, 4) is 11.4 Å². The van der Waals surface area contributed by atoms with Gasteiger partial charge in [0.1, 0.15) is 5.82 Å². The Morgan fingerprint density at radius 1 is 1.35 bits per heavy atom. The van der Waals surface area contributed by atoms with Gasteiger partial charge in [-0.25, -0.2) is 4.98 Å². The molecule has 0 N–H and O–H groups in total. The second-order valence-corrected chi connectivity index (χ2v) is 4.88. The van der Waals surface area contributed by atoms with Crippen LogP contribution in [-0.4, -0.2) is 14.5 Å². The molecule has 0 aliphatic carbocycles. The molecule has 0 saturated heterocycles. The maximum Gasteiger partial charge on any atom is 0.142 e. The third kappa shape index (κ3) is 2.11. The maximum absolute atomic E-state index is 4.59. The van der Waals surface area contributed by atoms with Gasteiger partial charge in [0, 0.05) is 24.5 Å². The highest BCUT2D eigenvalue weighted by Gasteiger charge is 2.18. The minimum Gasteiger partial charge on any atom is -0.324 e. The topological polar surface area (TPSA) is 30.7 Å². The number of rotatable bonds is 3. The summed E-state index contributed by atoms with van der Waals surface area (Å²) in [5.41, 5.74) is 4.48. The number of hydrogen-bond donors (Lipinski definition) is 0. The van der Waals surface area contributed by atoms with Gasteiger partial charge in [0.25, 0.3) is 0 Å². The van der Waals surface area contributed by atoms with Crippen molar-refractivity contribution in [3.63, 3.8) is 0 Å². The first kappa shape index (κ1) is 12.6. The van der Waals surface area contributed by atoms with Crippen LogP contribution in [0.3, 0.4) is 0 Å². The molecule has 2 aromatic rings. The van der Waals surface area contributed by atoms with E-state index in [9.17, 15) is 0 Å². The molecule has 1 aliphatic heterocycles. The molecule has 3 heteroatoms. The molecular formula is C17H17N3. The van der Waals surface area contributed by atoms with Crippen LogP contribution in [0.1, 0.15) is 17.7 Å². The van der Waals surface area contributed by atoms with Gasteiger partial charge in [0.2, 0.25) is 0 Å². The lowest BCUT2D eigenvalue weighted by Crippen LogP contribution is -2.02. The number of pyridine rings is 1. The first-order valence-electron chi connectivity index (χ1n) is 6.78. The van der Waals surface area contributed by atoms with E-state index in [1.165, 1.54) is 5.56 Å². The summed E-state index contributed by atoms with van der Waals surface area (Å²) in [6.07, 6.45) is 13.4. The number of aromatic nitrogens is 3. The summed E-state index contributed by atoms with van der Waals surface area (Å²) in [5.74, 6) is 0.994. The second-order valence-electron chi connectivity index (χ2n) is 4.88. The number of aryl methyl sites for hydroxylation is 1. The normalized spacial score (nSPS) is 13.6. The van der Waals surface area contributed by atoms with Crippen LogP contribution in [0.15, 0.2) is 56.0 Å². The van der Waals surface area contributed by atoms with Gasteiger partial charge in [0.05, 0.1) is 11.9 Å². The molecule has 0 atom stereocenters. The molecular weight excluding hydrogens is 246 g/mol. The Kier molecular flexibility index (Phi) is 3.33. The Morgan fingerprint density at radius 2 is 2.25 bits per heavy atom. The Balaban J connectivity index is 2.09. The Hall–Kier alpha value is -2.42. The molecule has 0 saturated carbocycles. The molecule has 3 nitrogen and oxygen atoms in total. The SMILES string of the molecule is C=C/C=C\C(=C)c1cnc2n1CCCc1ccncc1-2. The predicted octanol–water partition coefficient (Wildman–Crippen LogP) is 3.65. The summed E-state index contributed by atoms with van der Waals surface area (Å²) >= 11 is 0. The lowest BCUT2D eigenvalue weighted by molar-refractivity contribution is 0.656. The fraction of sp³-hybridized carbons (Fsp3) is 0.176. The van der Waals surface area contributed by atoms with Gasteiger partial charge in [-0.05, 0) is 30.0 Å². The van der Waals surface area contributed by atoms with Gasteiger partial charge < -0.3 is 4.57 Å². The van der Waals surface area contributed by atoms with Crippen molar-refractivity contribution in [1.82, 2.24) is 14.5 Å². The van der Waals surface area contributed by atoms with Gasteiger partial charge in [-0.1, -0.05) is 31.4 Å². The van der Waals surface area contributed by atoms with E-state index in [4.69, 9.17) is 0 Å². The minimum absolute atomic E-state index is 0.955. The summed E-state index contributed by atoms with van der Waals surface area (Å²) in [5, 5.41) is 0. The molecule has 3 heterocycles. The summed E-state index contributed by atoms with van der Waals surface area (Å²) in [6, 6.07) is 2.09. The van der Waals surface area contributed by atoms with Crippen LogP contribution in [0.25, 0.3) is 17.0 Å². The summed E-state index contributed by atoms with van der Waals surface area (Å²) in [4.78, 5) is 8.83. The summed E-state index contributed by atoms with van der Waals surface area (Å²) < 4.78 is 2.24. The van der Waals surface area contributed by atoms with Crippen molar-refractivity contribution < 1.29 is 0 Å². The molecule has 0 aromatic carbocycles. The zero-order chi connectivity index (χ0) is 13.9. The van der Waals surface area contributed by atoms with Gasteiger partial charge in [-0.15, -0.1) is 0 Å². The largest absolute Gasteiger partial charge is 0.324 e. The molecule has 1 aliphatic rings. The quantitative estimate of drug-likeness (QED) is 0.791. The molecule has 0 radical (unpaired) electrons. The third-order valence-corrected chi connectivity index (χ3v) is 3.60. The van der Waals surface area contributed by atoms with Gasteiger partial charge in [-0.2, -0.15) is 0 Å². The molecule has 0 bridgehead atoms. The monoisotopic (exact) mass is 263 g/mol. The van der Waals surface area contributed by atoms with Crippen molar-refractivity contribution in [2.45, 2.75) is 19.4 Å². The zero-order valence-electron chi connectivity index (χ0n) is 11.4. The van der Waals surface area contributed by atoms with Crippen molar-refractivity contribution >= 4 is 5.57 Å². The molecule has 0 unspecified atom stereocenters. The number of allylic oxidation sites excluding steroid dienone is 4. The Bertz CT molecular complexity index is 692. The van der Waals surface area contributed by atoms with Crippen LogP contribution in [0.5, 0.6) is 0 Å². The molecule has 100 valence electrons. The highest BCUT2D eigenvalue weighted by atomic mass is 15.1. The Labute approximate surface area is 119 Å². The van der Waals surface area contributed by atoms with Crippen LogP contribution in [0.4, 0.5) is 0 Å². The summed E-state index contributed by atoms with van der Waals surface area (Å²) in [7, 11) is 0. The molecule has 0 spiro atoms. The van der Waals surface area contributed by atoms with Crippen LogP contribution in [0, 0.1) is 0 Å². The van der Waals surface area contributed by atoms with E-state index in [0.717, 1.165) is 42.0 Å². The average Bonchev–Trinajstić information content (AvgIpc) is 2.80. The summed E-state index contributed by atoms with van der Waals surface area (Å²) in [6.45, 7) is 8.76. The van der Waals surface area contributed by atoms with Crippen molar-refractivity contribution in [2.75, 3.05) is 0 Å². The maximum atomic E-state index is 4.59. The molecule has 0 amide bonds. The van der Waals surface area contributed by atoms with E-state index in [1.807, 2.05) is 30.7 Å². The molecule has 0 fully saturated rings. The standard InChI is InChI=1S/C17H17N3/c1-3-4-6-13(2)16-12-19-17-15-11-18-9-8-14(15)7-5-10-20(16)17/h3-4,6,8-9,11-12H,1-2,5,7,10H2/b6-4-. The number of fused-ring (bicyclic) bond motifs is 3. The third-order valence-electron chi connectivity index (χ3n) is 3.60. The van der Waals surface area contributed by atoms with E-state index in [0.29, 0.717) is 0 Å². The lowest BCUT2D eigenvalue weighted by Gasteiger charge is -2.09. The molecule has 20 heavy (non-hydrogen) atoms. The predicted molar refractivity (Wildman–Crippen MR) is 82.2 cm³/mol. The van der Waals surface area contributed by atoms with Gasteiger partial charge in [0.15, 0.2) is 0 Å². The fourth-order valence-electron chi connectivity index (χ4n) is 2.61. The van der Waals surface area contributed by atoms with Crippen LogP contribution in [-0.2, 0) is 13.0 Å². The number of imidazole rings is 1. The van der Waals surface area contributed by atoms with Crippen LogP contribution < -0.4 is 0 Å². The second kappa shape index (κ2) is 5.29. The highest BCUT2D eigenvalue weighted by Crippen LogP contribution is 2.29. The van der Waals surface area contributed by atoms with E-state index in [2.05, 4.69) is 33.8 Å². The Morgan fingerprint density at radius 3 is 3.10 bits per heavy atom. The number of nitrogens with zero attached hydrogens (tertiary/aromatic N) is 3. The van der Waals surface area contributed by atoms with Gasteiger partial charge in [-0.3, -0.25) is 4.98 Å². The smallest absolute Gasteiger partial charge is 0.142 e. The van der Waals surface area contributed by atoms with Crippen molar-refractivity contribution in [1.29, 1.82) is 0 Å². The fourth-order valence-corrected chi connectivity index (χ4v) is 2.61. The average molecular weight is 263 g/mol. The van der Waals surface area contributed by atoms with Gasteiger partial charge >= 0.3 is 0 Å². The zero-order valence-corrected chi connectivity index (χ0v) is 11.4. The number of hydrogen-bond acceptors (Lipinski definition) is 2. The molecule has 3 rings (SSSR count). The lowest BCUT2D eigenvalue weighted by atomic mass is 10.1. The van der Waals surface area contributed by atoms with Crippen molar-refractivity contribution in [2.24, 2.45) is 0 Å². The van der Waals surface area contributed by atoms with E-state index >= 15 is 0 Å². The van der Waals surface area contributed by atoms with E-state index in [-0.39, 0.29) is 0 Å². The highest BCUT2D eigenvalue weighted by molar-refractivity contribution is 5.73. The van der Waals surface area contributed by atoms with E-state index in [1.54, 1.807) is 6.08 Å².